The van der Waals surface area contributed by atoms with E-state index in [2.05, 4.69) is 5.32 Å². The Morgan fingerprint density at radius 2 is 1.76 bits per heavy atom. The van der Waals surface area contributed by atoms with Gasteiger partial charge in [-0.3, -0.25) is 14.9 Å². The third-order valence-corrected chi connectivity index (χ3v) is 5.37. The molecule has 1 N–H and O–H groups in total. The van der Waals surface area contributed by atoms with Crippen molar-refractivity contribution in [3.8, 4) is 11.5 Å². The van der Waals surface area contributed by atoms with Crippen LogP contribution in [0.3, 0.4) is 0 Å². The van der Waals surface area contributed by atoms with E-state index in [0.717, 1.165) is 18.4 Å². The van der Waals surface area contributed by atoms with Crippen molar-refractivity contribution in [2.75, 3.05) is 34.0 Å². The molecule has 2 aromatic carbocycles. The fraction of sp³-hybridized carbons (Fsp3) is 0.381. The first-order valence-corrected chi connectivity index (χ1v) is 9.32. The van der Waals surface area contributed by atoms with Gasteiger partial charge < -0.3 is 19.5 Å². The van der Waals surface area contributed by atoms with E-state index in [1.54, 1.807) is 0 Å². The van der Waals surface area contributed by atoms with E-state index in [0.29, 0.717) is 19.8 Å². The van der Waals surface area contributed by atoms with Gasteiger partial charge in [0, 0.05) is 31.2 Å². The molecule has 29 heavy (non-hydrogen) atoms. The van der Waals surface area contributed by atoms with Gasteiger partial charge in [-0.2, -0.15) is 0 Å². The van der Waals surface area contributed by atoms with Crippen LogP contribution in [0, 0.1) is 10.1 Å². The van der Waals surface area contributed by atoms with Crippen molar-refractivity contribution in [3.63, 3.8) is 0 Å². The van der Waals surface area contributed by atoms with Gasteiger partial charge in [0.2, 0.25) is 0 Å². The summed E-state index contributed by atoms with van der Waals surface area (Å²) < 4.78 is 15.8. The first-order valence-electron chi connectivity index (χ1n) is 9.32. The van der Waals surface area contributed by atoms with Crippen LogP contribution in [-0.2, 0) is 10.2 Å². The SMILES string of the molecule is COc1cc(C(=O)NCC2(c3ccccc3)CCOCC2)c([N+](=O)[O-])cc1OC. The quantitative estimate of drug-likeness (QED) is 0.566. The third kappa shape index (κ3) is 4.32. The molecule has 3 rings (SSSR count). The Morgan fingerprint density at radius 1 is 1.14 bits per heavy atom. The summed E-state index contributed by atoms with van der Waals surface area (Å²) in [5.74, 6) is -0.0764. The highest BCUT2D eigenvalue weighted by molar-refractivity contribution is 5.99. The second-order valence-corrected chi connectivity index (χ2v) is 6.92. The molecule has 0 bridgehead atoms. The molecule has 1 amide bonds. The highest BCUT2D eigenvalue weighted by atomic mass is 16.6. The van der Waals surface area contributed by atoms with Crippen molar-refractivity contribution in [3.05, 3.63) is 63.7 Å². The smallest absolute Gasteiger partial charge is 0.286 e. The van der Waals surface area contributed by atoms with Gasteiger partial charge in [-0.1, -0.05) is 30.3 Å². The summed E-state index contributed by atoms with van der Waals surface area (Å²) in [6.07, 6.45) is 1.51. The van der Waals surface area contributed by atoms with Gasteiger partial charge in [0.25, 0.3) is 11.6 Å². The maximum absolute atomic E-state index is 12.9. The molecular formula is C21H24N2O6. The third-order valence-electron chi connectivity index (χ3n) is 5.37. The number of nitrogens with one attached hydrogen (secondary N) is 1. The Hall–Kier alpha value is -3.13. The molecule has 1 aliphatic rings. The van der Waals surface area contributed by atoms with Crippen molar-refractivity contribution in [1.29, 1.82) is 0 Å². The van der Waals surface area contributed by atoms with Gasteiger partial charge in [0.05, 0.1) is 25.2 Å². The summed E-state index contributed by atoms with van der Waals surface area (Å²) >= 11 is 0. The molecule has 8 heteroatoms. The number of rotatable bonds is 7. The van der Waals surface area contributed by atoms with E-state index < -0.39 is 10.8 Å². The Kier molecular flexibility index (Phi) is 6.33. The Balaban J connectivity index is 1.88. The minimum Gasteiger partial charge on any atom is -0.493 e. The molecule has 8 nitrogen and oxygen atoms in total. The molecule has 1 saturated heterocycles. The number of benzene rings is 2. The van der Waals surface area contributed by atoms with Crippen LogP contribution in [0.2, 0.25) is 0 Å². The number of ether oxygens (including phenoxy) is 3. The van der Waals surface area contributed by atoms with Crippen molar-refractivity contribution in [2.45, 2.75) is 18.3 Å². The van der Waals surface area contributed by atoms with Crippen molar-refractivity contribution in [2.24, 2.45) is 0 Å². The van der Waals surface area contributed by atoms with Crippen LogP contribution in [0.15, 0.2) is 42.5 Å². The van der Waals surface area contributed by atoms with Crippen LogP contribution in [0.1, 0.15) is 28.8 Å². The second-order valence-electron chi connectivity index (χ2n) is 6.92. The number of methoxy groups -OCH3 is 2. The Labute approximate surface area is 168 Å². The van der Waals surface area contributed by atoms with Crippen LogP contribution in [0.25, 0.3) is 0 Å². The summed E-state index contributed by atoms with van der Waals surface area (Å²) in [6.45, 7) is 1.55. The molecule has 0 spiro atoms. The number of carbonyl (C=O) groups excluding carboxylic acids is 1. The topological polar surface area (TPSA) is 99.9 Å². The van der Waals surface area contributed by atoms with E-state index >= 15 is 0 Å². The lowest BCUT2D eigenvalue weighted by molar-refractivity contribution is -0.385. The van der Waals surface area contributed by atoms with E-state index in [4.69, 9.17) is 14.2 Å². The van der Waals surface area contributed by atoms with Crippen LogP contribution in [-0.4, -0.2) is 44.8 Å². The highest BCUT2D eigenvalue weighted by Gasteiger charge is 2.35. The molecule has 0 radical (unpaired) electrons. The molecule has 0 saturated carbocycles. The maximum atomic E-state index is 12.9. The highest BCUT2D eigenvalue weighted by Crippen LogP contribution is 2.36. The zero-order valence-electron chi connectivity index (χ0n) is 16.5. The largest absolute Gasteiger partial charge is 0.493 e. The predicted octanol–water partition coefficient (Wildman–Crippen LogP) is 3.09. The van der Waals surface area contributed by atoms with E-state index in [1.165, 1.54) is 26.4 Å². The predicted molar refractivity (Wildman–Crippen MR) is 107 cm³/mol. The van der Waals surface area contributed by atoms with Gasteiger partial charge >= 0.3 is 0 Å². The summed E-state index contributed by atoms with van der Waals surface area (Å²) in [7, 11) is 2.80. The lowest BCUT2D eigenvalue weighted by atomic mass is 9.74. The van der Waals surface area contributed by atoms with Crippen LogP contribution < -0.4 is 14.8 Å². The fourth-order valence-electron chi connectivity index (χ4n) is 3.67. The number of hydrogen-bond donors (Lipinski definition) is 1. The van der Waals surface area contributed by atoms with Crippen LogP contribution in [0.4, 0.5) is 5.69 Å². The summed E-state index contributed by atoms with van der Waals surface area (Å²) in [5.41, 5.74) is 0.440. The lowest BCUT2D eigenvalue weighted by Crippen LogP contribution is -2.44. The molecule has 0 aromatic heterocycles. The maximum Gasteiger partial charge on any atom is 0.286 e. The normalized spacial score (nSPS) is 15.4. The van der Waals surface area contributed by atoms with Gasteiger partial charge in [-0.25, -0.2) is 0 Å². The number of amides is 1. The first kappa shape index (κ1) is 20.6. The van der Waals surface area contributed by atoms with Crippen LogP contribution >= 0.6 is 0 Å². The first-order chi connectivity index (χ1) is 14.0. The minimum absolute atomic E-state index is 0.0667. The van der Waals surface area contributed by atoms with E-state index in [9.17, 15) is 14.9 Å². The summed E-state index contributed by atoms with van der Waals surface area (Å²) in [4.78, 5) is 23.8. The summed E-state index contributed by atoms with van der Waals surface area (Å²) in [6, 6.07) is 12.5. The monoisotopic (exact) mass is 400 g/mol. The number of carbonyl (C=O) groups is 1. The fourth-order valence-corrected chi connectivity index (χ4v) is 3.67. The lowest BCUT2D eigenvalue weighted by Gasteiger charge is -2.38. The number of nitrogens with zero attached hydrogens (tertiary/aromatic N) is 1. The van der Waals surface area contributed by atoms with E-state index in [-0.39, 0.29) is 28.2 Å². The molecule has 1 heterocycles. The molecule has 1 fully saturated rings. The Morgan fingerprint density at radius 3 is 2.34 bits per heavy atom. The molecule has 0 atom stereocenters. The average molecular weight is 400 g/mol. The van der Waals surface area contributed by atoms with Gasteiger partial charge in [0.15, 0.2) is 11.5 Å². The summed E-state index contributed by atoms with van der Waals surface area (Å²) in [5, 5.41) is 14.4. The number of hydrogen-bond acceptors (Lipinski definition) is 6. The van der Waals surface area contributed by atoms with Crippen molar-refractivity contribution < 1.29 is 23.9 Å². The van der Waals surface area contributed by atoms with Gasteiger partial charge in [0.1, 0.15) is 5.56 Å². The molecule has 0 unspecified atom stereocenters. The van der Waals surface area contributed by atoms with Gasteiger partial charge in [-0.05, 0) is 18.4 Å². The number of nitro benzene ring substituents is 1. The number of nitro groups is 1. The second kappa shape index (κ2) is 8.91. The minimum atomic E-state index is -0.599. The molecule has 0 aliphatic carbocycles. The molecule has 1 aliphatic heterocycles. The molecule has 154 valence electrons. The standard InChI is InChI=1S/C21H24N2O6/c1-27-18-12-16(17(23(25)26)13-19(18)28-2)20(24)22-14-21(8-10-29-11-9-21)15-6-4-3-5-7-15/h3-7,12-13H,8-11,14H2,1-2H3,(H,22,24). The molecule has 2 aromatic rings. The zero-order chi connectivity index (χ0) is 20.9. The van der Waals surface area contributed by atoms with E-state index in [1.807, 2.05) is 30.3 Å². The molecular weight excluding hydrogens is 376 g/mol. The van der Waals surface area contributed by atoms with Crippen molar-refractivity contribution >= 4 is 11.6 Å². The average Bonchev–Trinajstić information content (AvgIpc) is 2.77. The van der Waals surface area contributed by atoms with Crippen LogP contribution in [0.5, 0.6) is 11.5 Å². The van der Waals surface area contributed by atoms with Gasteiger partial charge in [-0.15, -0.1) is 0 Å². The Bertz CT molecular complexity index is 878. The zero-order valence-corrected chi connectivity index (χ0v) is 16.5. The van der Waals surface area contributed by atoms with Crippen molar-refractivity contribution in [1.82, 2.24) is 5.32 Å².